The van der Waals surface area contributed by atoms with Crippen molar-refractivity contribution in [3.8, 4) is 0 Å². The Labute approximate surface area is 115 Å². The van der Waals surface area contributed by atoms with Crippen LogP contribution in [0.4, 0.5) is 4.39 Å². The predicted molar refractivity (Wildman–Crippen MR) is 74.4 cm³/mol. The van der Waals surface area contributed by atoms with Crippen LogP contribution in [0.2, 0.25) is 0 Å². The molecule has 0 aliphatic heterocycles. The second-order valence-corrected chi connectivity index (χ2v) is 5.87. The van der Waals surface area contributed by atoms with Crippen LogP contribution in [-0.2, 0) is 12.8 Å². The highest BCUT2D eigenvalue weighted by Crippen LogP contribution is 2.32. The van der Waals surface area contributed by atoms with Crippen molar-refractivity contribution >= 4 is 18.0 Å². The molecule has 3 heteroatoms. The molecule has 0 bridgehead atoms. The van der Waals surface area contributed by atoms with E-state index in [1.54, 1.807) is 6.07 Å². The summed E-state index contributed by atoms with van der Waals surface area (Å²) in [5.74, 6) is -0.367. The highest BCUT2D eigenvalue weighted by molar-refractivity contribution is 7.99. The minimum Gasteiger partial charge on any atom is -0.298 e. The highest BCUT2D eigenvalue weighted by Gasteiger charge is 2.11. The Kier molecular flexibility index (Phi) is 3.38. The number of carbonyl (C=O) groups excluding carboxylic acids is 1. The SMILES string of the molecule is O=Cc1cc(F)cc(Sc2ccc3c(c2)CCC3)c1. The Balaban J connectivity index is 1.88. The van der Waals surface area contributed by atoms with Gasteiger partial charge in [0.25, 0.3) is 0 Å². The molecule has 0 N–H and O–H groups in total. The van der Waals surface area contributed by atoms with Gasteiger partial charge in [-0.05, 0) is 60.7 Å². The summed E-state index contributed by atoms with van der Waals surface area (Å²) in [6, 6.07) is 10.8. The van der Waals surface area contributed by atoms with Crippen molar-refractivity contribution in [3.05, 3.63) is 58.9 Å². The smallest absolute Gasteiger partial charge is 0.150 e. The van der Waals surface area contributed by atoms with Crippen LogP contribution in [-0.4, -0.2) is 6.29 Å². The van der Waals surface area contributed by atoms with E-state index >= 15 is 0 Å². The Bertz CT molecular complexity index is 637. The molecule has 0 heterocycles. The van der Waals surface area contributed by atoms with Crippen molar-refractivity contribution < 1.29 is 9.18 Å². The number of benzene rings is 2. The summed E-state index contributed by atoms with van der Waals surface area (Å²) < 4.78 is 13.4. The maximum atomic E-state index is 13.4. The van der Waals surface area contributed by atoms with Gasteiger partial charge in [-0.25, -0.2) is 4.39 Å². The first kappa shape index (κ1) is 12.4. The standard InChI is InChI=1S/C16H13FOS/c17-14-6-11(10-18)7-16(9-14)19-15-5-4-12-2-1-3-13(12)8-15/h4-10H,1-3H2. The Morgan fingerprint density at radius 3 is 2.68 bits per heavy atom. The van der Waals surface area contributed by atoms with Crippen LogP contribution in [0.1, 0.15) is 27.9 Å². The summed E-state index contributed by atoms with van der Waals surface area (Å²) in [4.78, 5) is 12.6. The molecular formula is C16H13FOS. The van der Waals surface area contributed by atoms with E-state index in [1.807, 2.05) is 0 Å². The fraction of sp³-hybridized carbons (Fsp3) is 0.188. The number of halogens is 1. The maximum absolute atomic E-state index is 13.4. The van der Waals surface area contributed by atoms with Gasteiger partial charge < -0.3 is 0 Å². The monoisotopic (exact) mass is 272 g/mol. The first-order valence-corrected chi connectivity index (χ1v) is 7.12. The van der Waals surface area contributed by atoms with Gasteiger partial charge in [-0.3, -0.25) is 4.79 Å². The Morgan fingerprint density at radius 1 is 1.00 bits per heavy atom. The van der Waals surface area contributed by atoms with Crippen LogP contribution in [0.25, 0.3) is 0 Å². The van der Waals surface area contributed by atoms with Crippen molar-refractivity contribution in [2.45, 2.75) is 29.1 Å². The lowest BCUT2D eigenvalue weighted by Crippen LogP contribution is -1.86. The first-order valence-electron chi connectivity index (χ1n) is 6.30. The summed E-state index contributed by atoms with van der Waals surface area (Å²) in [6.07, 6.45) is 4.19. The molecule has 3 rings (SSSR count). The minimum atomic E-state index is -0.367. The minimum absolute atomic E-state index is 0.367. The molecule has 19 heavy (non-hydrogen) atoms. The van der Waals surface area contributed by atoms with Gasteiger partial charge in [0.2, 0.25) is 0 Å². The van der Waals surface area contributed by atoms with Gasteiger partial charge in [0.05, 0.1) is 0 Å². The second-order valence-electron chi connectivity index (χ2n) is 4.72. The summed E-state index contributed by atoms with van der Waals surface area (Å²) >= 11 is 1.50. The molecule has 0 unspecified atom stereocenters. The maximum Gasteiger partial charge on any atom is 0.150 e. The zero-order valence-corrected chi connectivity index (χ0v) is 11.2. The van der Waals surface area contributed by atoms with Gasteiger partial charge in [0.1, 0.15) is 12.1 Å². The average molecular weight is 272 g/mol. The molecule has 0 fully saturated rings. The molecule has 2 aromatic carbocycles. The van der Waals surface area contributed by atoms with Crippen LogP contribution in [0, 0.1) is 5.82 Å². The van der Waals surface area contributed by atoms with E-state index in [0.717, 1.165) is 22.6 Å². The van der Waals surface area contributed by atoms with Crippen LogP contribution in [0.3, 0.4) is 0 Å². The normalized spacial score (nSPS) is 13.3. The van der Waals surface area contributed by atoms with Crippen LogP contribution in [0.15, 0.2) is 46.2 Å². The third kappa shape index (κ3) is 2.71. The Morgan fingerprint density at radius 2 is 1.84 bits per heavy atom. The third-order valence-electron chi connectivity index (χ3n) is 3.34. The van der Waals surface area contributed by atoms with Gasteiger partial charge in [0.15, 0.2) is 0 Å². The number of fused-ring (bicyclic) bond motifs is 1. The first-order chi connectivity index (χ1) is 9.24. The molecule has 0 amide bonds. The van der Waals surface area contributed by atoms with E-state index in [2.05, 4.69) is 18.2 Å². The molecular weight excluding hydrogens is 259 g/mol. The molecule has 0 atom stereocenters. The number of carbonyl (C=O) groups is 1. The molecule has 0 radical (unpaired) electrons. The fourth-order valence-corrected chi connectivity index (χ4v) is 3.44. The average Bonchev–Trinajstić information content (AvgIpc) is 2.85. The van der Waals surface area contributed by atoms with Gasteiger partial charge in [-0.15, -0.1) is 0 Å². The van der Waals surface area contributed by atoms with Crippen LogP contribution < -0.4 is 0 Å². The lowest BCUT2D eigenvalue weighted by Gasteiger charge is -2.06. The molecule has 0 spiro atoms. The zero-order valence-electron chi connectivity index (χ0n) is 10.4. The number of aldehydes is 1. The summed E-state index contributed by atoms with van der Waals surface area (Å²) in [5.41, 5.74) is 3.21. The van der Waals surface area contributed by atoms with Crippen molar-refractivity contribution in [2.75, 3.05) is 0 Å². The second kappa shape index (κ2) is 5.17. The fourth-order valence-electron chi connectivity index (χ4n) is 2.46. The van der Waals surface area contributed by atoms with Crippen molar-refractivity contribution in [3.63, 3.8) is 0 Å². The summed E-state index contributed by atoms with van der Waals surface area (Å²) in [7, 11) is 0. The molecule has 1 aliphatic rings. The molecule has 2 aromatic rings. The summed E-state index contributed by atoms with van der Waals surface area (Å²) in [6.45, 7) is 0. The van der Waals surface area contributed by atoms with Gasteiger partial charge in [-0.2, -0.15) is 0 Å². The van der Waals surface area contributed by atoms with E-state index in [1.165, 1.54) is 41.4 Å². The third-order valence-corrected chi connectivity index (χ3v) is 4.30. The molecule has 96 valence electrons. The number of aryl methyl sites for hydroxylation is 2. The number of rotatable bonds is 3. The lowest BCUT2D eigenvalue weighted by atomic mass is 10.1. The van der Waals surface area contributed by atoms with Crippen molar-refractivity contribution in [1.82, 2.24) is 0 Å². The largest absolute Gasteiger partial charge is 0.298 e. The van der Waals surface area contributed by atoms with Crippen LogP contribution in [0.5, 0.6) is 0 Å². The molecule has 0 aromatic heterocycles. The predicted octanol–water partition coefficient (Wildman–Crippen LogP) is 4.28. The molecule has 0 saturated carbocycles. The highest BCUT2D eigenvalue weighted by atomic mass is 32.2. The van der Waals surface area contributed by atoms with E-state index in [9.17, 15) is 9.18 Å². The zero-order chi connectivity index (χ0) is 13.2. The van der Waals surface area contributed by atoms with Gasteiger partial charge in [-0.1, -0.05) is 17.8 Å². The van der Waals surface area contributed by atoms with E-state index in [0.29, 0.717) is 11.8 Å². The van der Waals surface area contributed by atoms with Gasteiger partial charge >= 0.3 is 0 Å². The molecule has 1 nitrogen and oxygen atoms in total. The number of hydrogen-bond donors (Lipinski definition) is 0. The number of hydrogen-bond acceptors (Lipinski definition) is 2. The van der Waals surface area contributed by atoms with E-state index in [-0.39, 0.29) is 5.82 Å². The quantitative estimate of drug-likeness (QED) is 0.776. The van der Waals surface area contributed by atoms with Crippen LogP contribution >= 0.6 is 11.8 Å². The Hall–Kier alpha value is -1.61. The lowest BCUT2D eigenvalue weighted by molar-refractivity contribution is 0.112. The molecule has 1 aliphatic carbocycles. The molecule has 0 saturated heterocycles. The van der Waals surface area contributed by atoms with Gasteiger partial charge in [0, 0.05) is 15.4 Å². The topological polar surface area (TPSA) is 17.1 Å². The van der Waals surface area contributed by atoms with E-state index in [4.69, 9.17) is 0 Å². The van der Waals surface area contributed by atoms with E-state index < -0.39 is 0 Å². The summed E-state index contributed by atoms with van der Waals surface area (Å²) in [5, 5.41) is 0. The van der Waals surface area contributed by atoms with Crippen molar-refractivity contribution in [1.29, 1.82) is 0 Å². The van der Waals surface area contributed by atoms with Crippen molar-refractivity contribution in [2.24, 2.45) is 0 Å².